The molecular formula is C8H9BrS. The Morgan fingerprint density at radius 1 is 1.50 bits per heavy atom. The molecule has 0 radical (unpaired) electrons. The molecule has 0 unspecified atom stereocenters. The molecule has 0 nitrogen and oxygen atoms in total. The van der Waals surface area contributed by atoms with Crippen LogP contribution in [0.15, 0.2) is 15.2 Å². The summed E-state index contributed by atoms with van der Waals surface area (Å²) in [6.07, 6.45) is 4.22. The molecule has 0 aliphatic heterocycles. The Kier molecular flexibility index (Phi) is 1.83. The van der Waals surface area contributed by atoms with E-state index in [0.29, 0.717) is 0 Å². The summed E-state index contributed by atoms with van der Waals surface area (Å²) >= 11 is 5.36. The molecule has 0 bridgehead atoms. The van der Waals surface area contributed by atoms with E-state index in [9.17, 15) is 0 Å². The van der Waals surface area contributed by atoms with Crippen LogP contribution in [0.25, 0.3) is 0 Å². The van der Waals surface area contributed by atoms with Crippen molar-refractivity contribution < 1.29 is 0 Å². The molecule has 0 spiro atoms. The zero-order valence-electron chi connectivity index (χ0n) is 5.64. The molecule has 1 saturated carbocycles. The molecule has 54 valence electrons. The van der Waals surface area contributed by atoms with E-state index in [1.165, 1.54) is 28.6 Å². The number of rotatable bonds is 1. The lowest BCUT2D eigenvalue weighted by atomic mass is 9.81. The van der Waals surface area contributed by atoms with Gasteiger partial charge < -0.3 is 0 Å². The van der Waals surface area contributed by atoms with Crippen LogP contribution < -0.4 is 0 Å². The maximum Gasteiger partial charge on any atom is 0.0733 e. The van der Waals surface area contributed by atoms with Crippen LogP contribution in [0.3, 0.4) is 0 Å². The summed E-state index contributed by atoms with van der Waals surface area (Å²) in [6.45, 7) is 0. The third kappa shape index (κ3) is 1.04. The highest BCUT2D eigenvalue weighted by atomic mass is 79.9. The summed E-state index contributed by atoms with van der Waals surface area (Å²) in [6, 6.07) is 2.25. The number of thiophene rings is 1. The topological polar surface area (TPSA) is 0 Å². The van der Waals surface area contributed by atoms with Gasteiger partial charge in [0.25, 0.3) is 0 Å². The van der Waals surface area contributed by atoms with Crippen LogP contribution in [-0.2, 0) is 0 Å². The first-order valence-electron chi connectivity index (χ1n) is 3.61. The van der Waals surface area contributed by atoms with E-state index in [4.69, 9.17) is 0 Å². The van der Waals surface area contributed by atoms with Crippen molar-refractivity contribution in [1.82, 2.24) is 0 Å². The molecule has 1 fully saturated rings. The van der Waals surface area contributed by atoms with Crippen molar-refractivity contribution in [3.8, 4) is 0 Å². The third-order valence-corrected chi connectivity index (χ3v) is 3.92. The van der Waals surface area contributed by atoms with E-state index in [1.54, 1.807) is 11.3 Å². The quantitative estimate of drug-likeness (QED) is 0.671. The fourth-order valence-corrected chi connectivity index (χ4v) is 2.80. The van der Waals surface area contributed by atoms with Gasteiger partial charge in [-0.25, -0.2) is 0 Å². The average Bonchev–Trinajstić information content (AvgIpc) is 2.12. The molecule has 1 aliphatic rings. The van der Waals surface area contributed by atoms with Gasteiger partial charge in [-0.3, -0.25) is 0 Å². The molecule has 0 atom stereocenters. The van der Waals surface area contributed by atoms with Gasteiger partial charge in [0.05, 0.1) is 3.79 Å². The van der Waals surface area contributed by atoms with Crippen LogP contribution in [0, 0.1) is 0 Å². The van der Waals surface area contributed by atoms with Gasteiger partial charge in [-0.05, 0) is 51.7 Å². The van der Waals surface area contributed by atoms with Gasteiger partial charge in [-0.1, -0.05) is 6.42 Å². The molecule has 1 aliphatic carbocycles. The fourth-order valence-electron chi connectivity index (χ4n) is 1.32. The Morgan fingerprint density at radius 2 is 2.30 bits per heavy atom. The summed E-state index contributed by atoms with van der Waals surface area (Å²) in [7, 11) is 0. The molecule has 0 saturated heterocycles. The molecule has 2 rings (SSSR count). The number of hydrogen-bond acceptors (Lipinski definition) is 1. The van der Waals surface area contributed by atoms with Gasteiger partial charge in [0, 0.05) is 0 Å². The second-order valence-electron chi connectivity index (χ2n) is 2.78. The molecule has 2 heteroatoms. The van der Waals surface area contributed by atoms with Gasteiger partial charge in [0.1, 0.15) is 0 Å². The minimum atomic E-state index is 0.876. The van der Waals surface area contributed by atoms with Crippen molar-refractivity contribution in [2.45, 2.75) is 25.2 Å². The lowest BCUT2D eigenvalue weighted by molar-refractivity contribution is 0.419. The summed E-state index contributed by atoms with van der Waals surface area (Å²) < 4.78 is 1.34. The first-order valence-corrected chi connectivity index (χ1v) is 5.28. The van der Waals surface area contributed by atoms with E-state index in [2.05, 4.69) is 27.4 Å². The van der Waals surface area contributed by atoms with E-state index in [0.717, 1.165) is 5.92 Å². The largest absolute Gasteiger partial charge is 0.137 e. The highest BCUT2D eigenvalue weighted by molar-refractivity contribution is 9.11. The Hall–Kier alpha value is 0.180. The maximum absolute atomic E-state index is 3.56. The minimum Gasteiger partial charge on any atom is -0.137 e. The Balaban J connectivity index is 2.23. The Morgan fingerprint density at radius 3 is 2.70 bits per heavy atom. The summed E-state index contributed by atoms with van der Waals surface area (Å²) in [4.78, 5) is 0. The standard InChI is InChI=1S/C8H9BrS/c9-8-7(4-5-10-8)6-2-1-3-6/h4-6H,1-3H2. The zero-order chi connectivity index (χ0) is 6.97. The summed E-state index contributed by atoms with van der Waals surface area (Å²) in [5.74, 6) is 0.876. The van der Waals surface area contributed by atoms with Gasteiger partial charge in [-0.15, -0.1) is 11.3 Å². The van der Waals surface area contributed by atoms with Gasteiger partial charge in [0.15, 0.2) is 0 Å². The first-order chi connectivity index (χ1) is 4.88. The maximum atomic E-state index is 3.56. The Bertz CT molecular complexity index is 225. The average molecular weight is 217 g/mol. The van der Waals surface area contributed by atoms with Crippen LogP contribution >= 0.6 is 27.3 Å². The molecule has 1 aromatic heterocycles. The van der Waals surface area contributed by atoms with Crippen molar-refractivity contribution in [2.24, 2.45) is 0 Å². The minimum absolute atomic E-state index is 0.876. The lowest BCUT2D eigenvalue weighted by Crippen LogP contribution is -2.07. The second kappa shape index (κ2) is 2.67. The van der Waals surface area contributed by atoms with E-state index in [1.807, 2.05) is 0 Å². The van der Waals surface area contributed by atoms with Crippen molar-refractivity contribution in [3.05, 3.63) is 20.8 Å². The Labute approximate surface area is 73.4 Å². The van der Waals surface area contributed by atoms with Gasteiger partial charge >= 0.3 is 0 Å². The van der Waals surface area contributed by atoms with Gasteiger partial charge in [0.2, 0.25) is 0 Å². The summed E-state index contributed by atoms with van der Waals surface area (Å²) in [5.41, 5.74) is 1.54. The van der Waals surface area contributed by atoms with Crippen molar-refractivity contribution in [3.63, 3.8) is 0 Å². The van der Waals surface area contributed by atoms with Crippen LogP contribution in [0.1, 0.15) is 30.7 Å². The number of hydrogen-bond donors (Lipinski definition) is 0. The monoisotopic (exact) mass is 216 g/mol. The molecule has 0 N–H and O–H groups in total. The van der Waals surface area contributed by atoms with E-state index < -0.39 is 0 Å². The zero-order valence-corrected chi connectivity index (χ0v) is 8.04. The predicted molar refractivity (Wildman–Crippen MR) is 48.6 cm³/mol. The predicted octanol–water partition coefficient (Wildman–Crippen LogP) is 3.78. The fraction of sp³-hybridized carbons (Fsp3) is 0.500. The molecule has 0 amide bonds. The molecule has 0 aromatic carbocycles. The van der Waals surface area contributed by atoms with Crippen LogP contribution in [0.5, 0.6) is 0 Å². The highest BCUT2D eigenvalue weighted by Gasteiger charge is 2.21. The molecular weight excluding hydrogens is 208 g/mol. The first kappa shape index (κ1) is 6.86. The van der Waals surface area contributed by atoms with Crippen LogP contribution in [-0.4, -0.2) is 0 Å². The van der Waals surface area contributed by atoms with Crippen LogP contribution in [0.2, 0.25) is 0 Å². The van der Waals surface area contributed by atoms with E-state index >= 15 is 0 Å². The second-order valence-corrected chi connectivity index (χ2v) is 5.01. The highest BCUT2D eigenvalue weighted by Crippen LogP contribution is 2.41. The van der Waals surface area contributed by atoms with Crippen molar-refractivity contribution in [1.29, 1.82) is 0 Å². The molecule has 10 heavy (non-hydrogen) atoms. The normalized spacial score (nSPS) is 18.9. The smallest absolute Gasteiger partial charge is 0.0733 e. The van der Waals surface area contributed by atoms with E-state index in [-0.39, 0.29) is 0 Å². The SMILES string of the molecule is Brc1sccc1C1CCC1. The van der Waals surface area contributed by atoms with Crippen molar-refractivity contribution in [2.75, 3.05) is 0 Å². The van der Waals surface area contributed by atoms with Crippen molar-refractivity contribution >= 4 is 27.3 Å². The number of halogens is 1. The lowest BCUT2D eigenvalue weighted by Gasteiger charge is -2.24. The third-order valence-electron chi connectivity index (χ3n) is 2.19. The molecule has 1 aromatic rings. The van der Waals surface area contributed by atoms with Gasteiger partial charge in [-0.2, -0.15) is 0 Å². The molecule has 1 heterocycles. The summed E-state index contributed by atoms with van der Waals surface area (Å²) in [5, 5.41) is 2.16. The van der Waals surface area contributed by atoms with Crippen LogP contribution in [0.4, 0.5) is 0 Å².